The van der Waals surface area contributed by atoms with Crippen molar-refractivity contribution < 1.29 is 24.2 Å². The average molecular weight is 380 g/mol. The molecule has 0 fully saturated rings. The van der Waals surface area contributed by atoms with Crippen LogP contribution in [0.1, 0.15) is 24.9 Å². The molecule has 5 nitrogen and oxygen atoms in total. The highest BCUT2D eigenvalue weighted by Crippen LogP contribution is 2.37. The summed E-state index contributed by atoms with van der Waals surface area (Å²) in [7, 11) is 0. The maximum atomic E-state index is 12.0. The Labute approximate surface area is 137 Å². The Morgan fingerprint density at radius 3 is 2.55 bits per heavy atom. The van der Waals surface area contributed by atoms with Crippen molar-refractivity contribution in [3.05, 3.63) is 50.1 Å². The molecule has 7 heteroatoms. The average Bonchev–Trinajstić information content (AvgIpc) is 3.13. The zero-order valence-corrected chi connectivity index (χ0v) is 13.4. The largest absolute Gasteiger partial charge is 0.544 e. The summed E-state index contributed by atoms with van der Waals surface area (Å²) in [5.41, 5.74) is 0.759. The van der Waals surface area contributed by atoms with Crippen molar-refractivity contribution >= 4 is 45.1 Å². The van der Waals surface area contributed by atoms with Crippen LogP contribution in [-0.4, -0.2) is 18.5 Å². The van der Waals surface area contributed by atoms with E-state index in [4.69, 9.17) is 9.47 Å². The molecule has 1 aliphatic rings. The first-order valence-corrected chi connectivity index (χ1v) is 7.78. The van der Waals surface area contributed by atoms with Crippen LogP contribution < -0.4 is 14.6 Å². The highest BCUT2D eigenvalue weighted by molar-refractivity contribution is 9.10. The molecule has 1 aromatic heterocycles. The Hall–Kier alpha value is -2.12. The lowest BCUT2D eigenvalue weighted by Gasteiger charge is -2.01. The molecular formula is C15H8BrO5S-. The molecule has 0 amide bonds. The fourth-order valence-corrected chi connectivity index (χ4v) is 3.10. The zero-order chi connectivity index (χ0) is 15.7. The Kier molecular flexibility index (Phi) is 4.00. The van der Waals surface area contributed by atoms with Crippen molar-refractivity contribution in [1.82, 2.24) is 0 Å². The minimum Gasteiger partial charge on any atom is -0.544 e. The Morgan fingerprint density at radius 2 is 1.86 bits per heavy atom. The second-order valence-electron chi connectivity index (χ2n) is 4.38. The van der Waals surface area contributed by atoms with Crippen LogP contribution in [0.3, 0.4) is 0 Å². The van der Waals surface area contributed by atoms with E-state index in [2.05, 4.69) is 15.9 Å². The van der Waals surface area contributed by atoms with E-state index in [-0.39, 0.29) is 17.5 Å². The number of carboxylic acid groups (broad SMARTS) is 1. The summed E-state index contributed by atoms with van der Waals surface area (Å²) >= 11 is 4.29. The number of thiophene rings is 1. The molecule has 22 heavy (non-hydrogen) atoms. The quantitative estimate of drug-likeness (QED) is 0.602. The maximum Gasteiger partial charge on any atom is 0.231 e. The lowest BCUT2D eigenvalue weighted by molar-refractivity contribution is -0.254. The van der Waals surface area contributed by atoms with E-state index < -0.39 is 5.97 Å². The fraction of sp³-hybridized carbons (Fsp3) is 0.0667. The van der Waals surface area contributed by atoms with E-state index in [1.807, 2.05) is 0 Å². The lowest BCUT2D eigenvalue weighted by Crippen LogP contribution is -2.20. The minimum atomic E-state index is -1.29. The molecular weight excluding hydrogens is 372 g/mol. The van der Waals surface area contributed by atoms with E-state index >= 15 is 0 Å². The molecule has 0 spiro atoms. The summed E-state index contributed by atoms with van der Waals surface area (Å²) in [5, 5.41) is 10.7. The molecule has 0 saturated carbocycles. The maximum absolute atomic E-state index is 12.0. The molecule has 2 aromatic rings. The molecule has 0 aliphatic carbocycles. The first-order valence-electron chi connectivity index (χ1n) is 6.17. The Bertz CT molecular complexity index is 793. The summed E-state index contributed by atoms with van der Waals surface area (Å²) in [4.78, 5) is 23.1. The van der Waals surface area contributed by atoms with E-state index in [0.29, 0.717) is 16.4 Å². The molecule has 0 bridgehead atoms. The van der Waals surface area contributed by atoms with Gasteiger partial charge in [0.25, 0.3) is 0 Å². The summed E-state index contributed by atoms with van der Waals surface area (Å²) in [5.74, 6) is -0.300. The van der Waals surface area contributed by atoms with Crippen LogP contribution in [-0.2, 0) is 0 Å². The monoisotopic (exact) mass is 379 g/mol. The van der Waals surface area contributed by atoms with Gasteiger partial charge in [-0.15, -0.1) is 11.3 Å². The molecule has 1 aliphatic heterocycles. The lowest BCUT2D eigenvalue weighted by atomic mass is 10.1. The molecule has 3 rings (SSSR count). The number of carbonyl (C=O) groups excluding carboxylic acids is 2. The number of ether oxygens (including phenoxy) is 2. The Morgan fingerprint density at radius 1 is 1.18 bits per heavy atom. The first-order chi connectivity index (χ1) is 10.5. The van der Waals surface area contributed by atoms with Crippen molar-refractivity contribution in [2.75, 3.05) is 6.79 Å². The van der Waals surface area contributed by atoms with Crippen molar-refractivity contribution in [2.24, 2.45) is 0 Å². The number of halogens is 1. The SMILES string of the molecule is O=C([O-])c1ccc(C(=O)/C=C/c2cc3c(cc2Br)OCO3)s1. The third-order valence-electron chi connectivity index (χ3n) is 2.96. The number of rotatable bonds is 4. The number of fused-ring (bicyclic) bond motifs is 1. The van der Waals surface area contributed by atoms with Crippen LogP contribution in [0.2, 0.25) is 0 Å². The predicted molar refractivity (Wildman–Crippen MR) is 82.3 cm³/mol. The number of allylic oxidation sites excluding steroid dienone is 1. The highest BCUT2D eigenvalue weighted by Gasteiger charge is 2.15. The fourth-order valence-electron chi connectivity index (χ4n) is 1.89. The van der Waals surface area contributed by atoms with E-state index in [9.17, 15) is 14.7 Å². The summed E-state index contributed by atoms with van der Waals surface area (Å²) in [6.45, 7) is 0.176. The molecule has 112 valence electrons. The van der Waals surface area contributed by atoms with Gasteiger partial charge in [-0.05, 0) is 42.0 Å². The topological polar surface area (TPSA) is 75.7 Å². The molecule has 0 unspecified atom stereocenters. The van der Waals surface area contributed by atoms with Crippen molar-refractivity contribution in [1.29, 1.82) is 0 Å². The molecule has 0 atom stereocenters. The number of aromatic carboxylic acids is 1. The third kappa shape index (κ3) is 2.90. The van der Waals surface area contributed by atoms with Crippen molar-refractivity contribution in [3.63, 3.8) is 0 Å². The van der Waals surface area contributed by atoms with Gasteiger partial charge in [-0.2, -0.15) is 0 Å². The Balaban J connectivity index is 1.81. The van der Waals surface area contributed by atoms with Gasteiger partial charge in [0.2, 0.25) is 6.79 Å². The molecule has 0 radical (unpaired) electrons. The summed E-state index contributed by atoms with van der Waals surface area (Å²) in [6, 6.07) is 6.36. The highest BCUT2D eigenvalue weighted by atomic mass is 79.9. The van der Waals surface area contributed by atoms with Crippen LogP contribution >= 0.6 is 27.3 Å². The van der Waals surface area contributed by atoms with Gasteiger partial charge in [0.1, 0.15) is 0 Å². The zero-order valence-electron chi connectivity index (χ0n) is 11.0. The van der Waals surface area contributed by atoms with E-state index in [1.54, 1.807) is 18.2 Å². The molecule has 0 N–H and O–H groups in total. The van der Waals surface area contributed by atoms with Crippen molar-refractivity contribution in [2.45, 2.75) is 0 Å². The van der Waals surface area contributed by atoms with Gasteiger partial charge in [-0.25, -0.2) is 0 Å². The van der Waals surface area contributed by atoms with Gasteiger partial charge in [0.15, 0.2) is 17.3 Å². The second kappa shape index (κ2) is 5.94. The number of carboxylic acids is 1. The van der Waals surface area contributed by atoms with Crippen LogP contribution in [0.5, 0.6) is 11.5 Å². The summed E-state index contributed by atoms with van der Waals surface area (Å²) in [6.07, 6.45) is 3.01. The van der Waals surface area contributed by atoms with Gasteiger partial charge in [-0.3, -0.25) is 4.79 Å². The number of hydrogen-bond donors (Lipinski definition) is 0. The predicted octanol–water partition coefficient (Wildman–Crippen LogP) is 2.50. The third-order valence-corrected chi connectivity index (χ3v) is 4.72. The van der Waals surface area contributed by atoms with Gasteiger partial charge in [0, 0.05) is 4.47 Å². The van der Waals surface area contributed by atoms with Crippen molar-refractivity contribution in [3.8, 4) is 11.5 Å². The number of hydrogen-bond acceptors (Lipinski definition) is 6. The normalized spacial score (nSPS) is 12.8. The standard InChI is InChI=1S/C15H9BrO5S/c16-9-6-12-11(20-7-21-12)5-8(9)1-2-10(17)13-3-4-14(22-13)15(18)19/h1-6H,7H2,(H,18,19)/p-1/b2-1+. The van der Waals surface area contributed by atoms with Gasteiger partial charge >= 0.3 is 0 Å². The number of carbonyl (C=O) groups is 2. The molecule has 1 aromatic carbocycles. The second-order valence-corrected chi connectivity index (χ2v) is 6.31. The van der Waals surface area contributed by atoms with Gasteiger partial charge in [0.05, 0.1) is 15.7 Å². The smallest absolute Gasteiger partial charge is 0.231 e. The number of benzene rings is 1. The van der Waals surface area contributed by atoms with Gasteiger partial charge < -0.3 is 19.4 Å². The van der Waals surface area contributed by atoms with E-state index in [0.717, 1.165) is 21.4 Å². The first kappa shape index (κ1) is 14.8. The van der Waals surface area contributed by atoms with Crippen LogP contribution in [0, 0.1) is 0 Å². The molecule has 0 saturated heterocycles. The van der Waals surface area contributed by atoms with Gasteiger partial charge in [-0.1, -0.05) is 15.9 Å². The summed E-state index contributed by atoms with van der Waals surface area (Å²) < 4.78 is 11.3. The van der Waals surface area contributed by atoms with E-state index in [1.165, 1.54) is 18.2 Å². The minimum absolute atomic E-state index is 0.0287. The molecule has 2 heterocycles. The number of ketones is 1. The van der Waals surface area contributed by atoms with Crippen LogP contribution in [0.4, 0.5) is 0 Å². The van der Waals surface area contributed by atoms with Crippen LogP contribution in [0.25, 0.3) is 6.08 Å². The van der Waals surface area contributed by atoms with Crippen LogP contribution in [0.15, 0.2) is 34.8 Å².